The molecule has 2 aromatic rings. The van der Waals surface area contributed by atoms with Crippen molar-refractivity contribution in [3.8, 4) is 11.5 Å². The van der Waals surface area contributed by atoms with Crippen LogP contribution in [0.5, 0.6) is 11.5 Å². The summed E-state index contributed by atoms with van der Waals surface area (Å²) >= 11 is 0. The molecule has 0 unspecified atom stereocenters. The van der Waals surface area contributed by atoms with Gasteiger partial charge in [0.1, 0.15) is 11.6 Å². The van der Waals surface area contributed by atoms with Crippen molar-refractivity contribution in [1.29, 1.82) is 0 Å². The quantitative estimate of drug-likeness (QED) is 0.508. The third-order valence-corrected chi connectivity index (χ3v) is 3.97. The van der Waals surface area contributed by atoms with E-state index in [4.69, 9.17) is 4.74 Å². The molecule has 26 heavy (non-hydrogen) atoms. The van der Waals surface area contributed by atoms with Gasteiger partial charge in [-0.2, -0.15) is 0 Å². The van der Waals surface area contributed by atoms with E-state index in [0.29, 0.717) is 19.5 Å². The summed E-state index contributed by atoms with van der Waals surface area (Å²) in [6.07, 6.45) is 8.44. The summed E-state index contributed by atoms with van der Waals surface area (Å²) in [6, 6.07) is 15.7. The van der Waals surface area contributed by atoms with Gasteiger partial charge in [-0.05, 0) is 55.3 Å². The summed E-state index contributed by atoms with van der Waals surface area (Å²) in [5.41, 5.74) is 2.86. The van der Waals surface area contributed by atoms with Gasteiger partial charge in [0.05, 0.1) is 12.4 Å². The summed E-state index contributed by atoms with van der Waals surface area (Å²) in [5.74, 6) is 1.33. The number of hydrogen-bond acceptors (Lipinski definition) is 3. The first kappa shape index (κ1) is 17.8. The molecular weight excluding hydrogens is 327 g/mol. The lowest BCUT2D eigenvalue weighted by atomic mass is 10.2. The van der Waals surface area contributed by atoms with Crippen LogP contribution < -0.4 is 15.4 Å². The van der Waals surface area contributed by atoms with Gasteiger partial charge in [-0.1, -0.05) is 36.4 Å². The molecule has 2 aromatic carbocycles. The maximum Gasteiger partial charge on any atom is 0.150 e. The third-order valence-electron chi connectivity index (χ3n) is 3.97. The standard InChI is InChI=1S/C22H23FN2O/c1-17-12-13-22(26-20-10-6-3-7-11-20)21(14-17)25-16-24-19-9-5-2-4-8-18(23)15-19/h2-3,5-8,10-15,24-25H,4,9,16H2,1H3/b5-2?,18-8+,19-15+. The molecule has 0 fully saturated rings. The maximum absolute atomic E-state index is 13.7. The first-order valence-electron chi connectivity index (χ1n) is 8.73. The molecule has 0 bridgehead atoms. The highest BCUT2D eigenvalue weighted by Crippen LogP contribution is 2.30. The van der Waals surface area contributed by atoms with Crippen LogP contribution in [0.2, 0.25) is 0 Å². The number of allylic oxidation sites excluding steroid dienone is 5. The number of anilines is 1. The molecule has 0 radical (unpaired) electrons. The molecular formula is C22H23FN2O. The zero-order chi connectivity index (χ0) is 18.2. The Hall–Kier alpha value is -3.01. The van der Waals surface area contributed by atoms with Crippen LogP contribution in [0.15, 0.2) is 84.4 Å². The Morgan fingerprint density at radius 3 is 2.73 bits per heavy atom. The van der Waals surface area contributed by atoms with Crippen molar-refractivity contribution < 1.29 is 9.13 Å². The van der Waals surface area contributed by atoms with Crippen LogP contribution in [0, 0.1) is 6.92 Å². The van der Waals surface area contributed by atoms with Gasteiger partial charge in [-0.15, -0.1) is 0 Å². The molecule has 1 aliphatic carbocycles. The van der Waals surface area contributed by atoms with Crippen molar-refractivity contribution in [2.75, 3.05) is 12.0 Å². The topological polar surface area (TPSA) is 33.3 Å². The van der Waals surface area contributed by atoms with E-state index < -0.39 is 0 Å². The lowest BCUT2D eigenvalue weighted by Gasteiger charge is -2.16. The second kappa shape index (κ2) is 8.90. The number of rotatable bonds is 6. The Kier molecular flexibility index (Phi) is 6.09. The van der Waals surface area contributed by atoms with Gasteiger partial charge in [0.25, 0.3) is 0 Å². The minimum atomic E-state index is -0.208. The van der Waals surface area contributed by atoms with Gasteiger partial charge >= 0.3 is 0 Å². The minimum absolute atomic E-state index is 0.208. The zero-order valence-corrected chi connectivity index (χ0v) is 14.8. The van der Waals surface area contributed by atoms with Crippen LogP contribution in [0.3, 0.4) is 0 Å². The van der Waals surface area contributed by atoms with E-state index in [-0.39, 0.29) is 5.83 Å². The number of ether oxygens (including phenoxy) is 1. The zero-order valence-electron chi connectivity index (χ0n) is 14.8. The second-order valence-corrected chi connectivity index (χ2v) is 6.11. The second-order valence-electron chi connectivity index (χ2n) is 6.11. The largest absolute Gasteiger partial charge is 0.455 e. The molecule has 2 N–H and O–H groups in total. The van der Waals surface area contributed by atoms with Gasteiger partial charge < -0.3 is 15.4 Å². The van der Waals surface area contributed by atoms with Crippen LogP contribution >= 0.6 is 0 Å². The summed E-state index contributed by atoms with van der Waals surface area (Å²) in [4.78, 5) is 0. The summed E-state index contributed by atoms with van der Waals surface area (Å²) in [7, 11) is 0. The van der Waals surface area contributed by atoms with Gasteiger partial charge in [0.15, 0.2) is 5.75 Å². The highest BCUT2D eigenvalue weighted by Gasteiger charge is 2.06. The van der Waals surface area contributed by atoms with E-state index >= 15 is 0 Å². The van der Waals surface area contributed by atoms with E-state index in [2.05, 4.69) is 10.6 Å². The highest BCUT2D eigenvalue weighted by molar-refractivity contribution is 5.59. The van der Waals surface area contributed by atoms with Crippen molar-refractivity contribution in [2.45, 2.75) is 19.8 Å². The van der Waals surface area contributed by atoms with Crippen LogP contribution in [0.4, 0.5) is 10.1 Å². The molecule has 0 atom stereocenters. The lowest BCUT2D eigenvalue weighted by molar-refractivity contribution is 0.484. The molecule has 0 aliphatic heterocycles. The maximum atomic E-state index is 13.7. The van der Waals surface area contributed by atoms with Gasteiger partial charge in [-0.25, -0.2) is 4.39 Å². The summed E-state index contributed by atoms with van der Waals surface area (Å²) in [5, 5.41) is 6.57. The third kappa shape index (κ3) is 5.24. The van der Waals surface area contributed by atoms with Crippen molar-refractivity contribution >= 4 is 5.69 Å². The monoisotopic (exact) mass is 350 g/mol. The van der Waals surface area contributed by atoms with Crippen LogP contribution in [-0.2, 0) is 0 Å². The van der Waals surface area contributed by atoms with E-state index in [1.165, 1.54) is 0 Å². The Labute approximate surface area is 153 Å². The molecule has 3 nitrogen and oxygen atoms in total. The number of nitrogens with one attached hydrogen (secondary N) is 2. The van der Waals surface area contributed by atoms with Crippen LogP contribution in [0.1, 0.15) is 18.4 Å². The van der Waals surface area contributed by atoms with Crippen LogP contribution in [-0.4, -0.2) is 6.67 Å². The molecule has 0 aromatic heterocycles. The first-order valence-corrected chi connectivity index (χ1v) is 8.73. The predicted octanol–water partition coefficient (Wildman–Crippen LogP) is 5.83. The Morgan fingerprint density at radius 1 is 1.04 bits per heavy atom. The number of aryl methyl sites for hydroxylation is 1. The average molecular weight is 350 g/mol. The van der Waals surface area contributed by atoms with Gasteiger partial charge in [0.2, 0.25) is 0 Å². The van der Waals surface area contributed by atoms with Crippen molar-refractivity contribution in [1.82, 2.24) is 5.32 Å². The van der Waals surface area contributed by atoms with Crippen LogP contribution in [0.25, 0.3) is 0 Å². The van der Waals surface area contributed by atoms with Gasteiger partial charge in [-0.3, -0.25) is 0 Å². The fourth-order valence-electron chi connectivity index (χ4n) is 2.63. The first-order chi connectivity index (χ1) is 12.7. The molecule has 4 heteroatoms. The van der Waals surface area contributed by atoms with Crippen molar-refractivity contribution in [3.05, 3.63) is 89.9 Å². The molecule has 0 spiro atoms. The molecule has 1 aliphatic rings. The highest BCUT2D eigenvalue weighted by atomic mass is 19.1. The molecule has 0 amide bonds. The fraction of sp³-hybridized carbons (Fsp3) is 0.182. The number of para-hydroxylation sites is 1. The Morgan fingerprint density at radius 2 is 1.88 bits per heavy atom. The number of halogens is 1. The summed E-state index contributed by atoms with van der Waals surface area (Å²) in [6.45, 7) is 2.51. The van der Waals surface area contributed by atoms with Crippen molar-refractivity contribution in [2.24, 2.45) is 0 Å². The average Bonchev–Trinajstić information content (AvgIpc) is 2.62. The summed E-state index contributed by atoms with van der Waals surface area (Å²) < 4.78 is 19.6. The van der Waals surface area contributed by atoms with E-state index in [1.807, 2.05) is 67.6 Å². The Bertz CT molecular complexity index is 825. The molecule has 0 saturated carbocycles. The molecule has 0 saturated heterocycles. The molecule has 3 rings (SSSR count). The predicted molar refractivity (Wildman–Crippen MR) is 105 cm³/mol. The normalized spacial score (nSPS) is 17.9. The Balaban J connectivity index is 1.66. The number of benzene rings is 2. The lowest BCUT2D eigenvalue weighted by Crippen LogP contribution is -2.21. The van der Waals surface area contributed by atoms with E-state index in [1.54, 1.807) is 12.2 Å². The van der Waals surface area contributed by atoms with E-state index in [0.717, 1.165) is 28.4 Å². The van der Waals surface area contributed by atoms with Crippen molar-refractivity contribution in [3.63, 3.8) is 0 Å². The smallest absolute Gasteiger partial charge is 0.150 e. The SMILES string of the molecule is Cc1ccc(Oc2ccccc2)c(NCN/C2=C/C(F)=C\CC=CC2)c1. The number of hydrogen-bond donors (Lipinski definition) is 2. The van der Waals surface area contributed by atoms with Gasteiger partial charge in [0, 0.05) is 12.1 Å². The van der Waals surface area contributed by atoms with E-state index in [9.17, 15) is 4.39 Å². The molecule has 0 heterocycles. The fourth-order valence-corrected chi connectivity index (χ4v) is 2.63. The minimum Gasteiger partial charge on any atom is -0.455 e. The molecule has 134 valence electrons.